The Balaban J connectivity index is 1.89. The fourth-order valence-corrected chi connectivity index (χ4v) is 1.91. The molecular formula is C14H11N5O2. The van der Waals surface area contributed by atoms with E-state index >= 15 is 0 Å². The molecule has 0 unspecified atom stereocenters. The number of anilines is 1. The van der Waals surface area contributed by atoms with Gasteiger partial charge in [-0.2, -0.15) is 0 Å². The zero-order valence-electron chi connectivity index (χ0n) is 10.9. The van der Waals surface area contributed by atoms with Crippen molar-refractivity contribution in [2.24, 2.45) is 5.73 Å². The van der Waals surface area contributed by atoms with Gasteiger partial charge in [0.2, 0.25) is 11.9 Å². The lowest BCUT2D eigenvalue weighted by molar-refractivity contribution is 0.1000. The second-order valence-corrected chi connectivity index (χ2v) is 4.35. The van der Waals surface area contributed by atoms with Gasteiger partial charge in [0.05, 0.1) is 0 Å². The molecule has 104 valence electrons. The van der Waals surface area contributed by atoms with Crippen molar-refractivity contribution in [3.63, 3.8) is 0 Å². The Morgan fingerprint density at radius 3 is 2.67 bits per heavy atom. The standard InChI is InChI=1S/C14H11N5O2/c15-12(20)9-4-3-5-10(8-9)13(21)16-14-18-17-11-6-1-2-7-19(11)14/h1-8H,(H2,15,20)(H,16,18,21). The summed E-state index contributed by atoms with van der Waals surface area (Å²) in [6.45, 7) is 0. The molecule has 0 saturated heterocycles. The number of pyridine rings is 1. The van der Waals surface area contributed by atoms with Gasteiger partial charge in [0.1, 0.15) is 0 Å². The molecule has 7 nitrogen and oxygen atoms in total. The van der Waals surface area contributed by atoms with Crippen LogP contribution in [0.1, 0.15) is 20.7 Å². The summed E-state index contributed by atoms with van der Waals surface area (Å²) in [7, 11) is 0. The van der Waals surface area contributed by atoms with Crippen LogP contribution in [0.4, 0.5) is 5.95 Å². The number of nitrogens with one attached hydrogen (secondary N) is 1. The fourth-order valence-electron chi connectivity index (χ4n) is 1.91. The van der Waals surface area contributed by atoms with Crippen LogP contribution in [0.5, 0.6) is 0 Å². The van der Waals surface area contributed by atoms with E-state index in [4.69, 9.17) is 5.73 Å². The van der Waals surface area contributed by atoms with Crippen LogP contribution < -0.4 is 11.1 Å². The largest absolute Gasteiger partial charge is 0.366 e. The molecule has 0 fully saturated rings. The highest BCUT2D eigenvalue weighted by atomic mass is 16.2. The Morgan fingerprint density at radius 2 is 1.86 bits per heavy atom. The summed E-state index contributed by atoms with van der Waals surface area (Å²) >= 11 is 0. The minimum Gasteiger partial charge on any atom is -0.366 e. The summed E-state index contributed by atoms with van der Waals surface area (Å²) < 4.78 is 1.65. The van der Waals surface area contributed by atoms with Gasteiger partial charge in [-0.3, -0.25) is 19.3 Å². The Kier molecular flexibility index (Phi) is 3.07. The van der Waals surface area contributed by atoms with Gasteiger partial charge in [0, 0.05) is 17.3 Å². The van der Waals surface area contributed by atoms with E-state index in [1.54, 1.807) is 40.9 Å². The van der Waals surface area contributed by atoms with Gasteiger partial charge in [-0.05, 0) is 30.3 Å². The summed E-state index contributed by atoms with van der Waals surface area (Å²) in [6.07, 6.45) is 1.74. The lowest BCUT2D eigenvalue weighted by atomic mass is 10.1. The molecule has 0 spiro atoms. The molecule has 0 aliphatic heterocycles. The third kappa shape index (κ3) is 2.44. The minimum atomic E-state index is -0.586. The van der Waals surface area contributed by atoms with Gasteiger partial charge in [-0.15, -0.1) is 10.2 Å². The summed E-state index contributed by atoms with van der Waals surface area (Å²) in [4.78, 5) is 23.3. The number of nitrogens with two attached hydrogens (primary N) is 1. The monoisotopic (exact) mass is 281 g/mol. The molecule has 0 atom stereocenters. The zero-order valence-corrected chi connectivity index (χ0v) is 10.9. The van der Waals surface area contributed by atoms with Crippen molar-refractivity contribution in [3.8, 4) is 0 Å². The maximum atomic E-state index is 12.2. The zero-order chi connectivity index (χ0) is 14.8. The number of nitrogens with zero attached hydrogens (tertiary/aromatic N) is 3. The molecule has 21 heavy (non-hydrogen) atoms. The molecule has 0 radical (unpaired) electrons. The Bertz CT molecular complexity index is 840. The molecule has 7 heteroatoms. The van der Waals surface area contributed by atoms with Crippen LogP contribution in [0.3, 0.4) is 0 Å². The van der Waals surface area contributed by atoms with Crippen molar-refractivity contribution in [1.29, 1.82) is 0 Å². The molecule has 0 aliphatic carbocycles. The predicted octanol–water partition coefficient (Wildman–Crippen LogP) is 1.08. The Morgan fingerprint density at radius 1 is 1.05 bits per heavy atom. The van der Waals surface area contributed by atoms with E-state index in [0.717, 1.165) is 0 Å². The number of carbonyl (C=O) groups excluding carboxylic acids is 2. The van der Waals surface area contributed by atoms with Crippen molar-refractivity contribution in [2.45, 2.75) is 0 Å². The van der Waals surface area contributed by atoms with Crippen LogP contribution in [0.25, 0.3) is 5.65 Å². The van der Waals surface area contributed by atoms with E-state index in [-0.39, 0.29) is 5.56 Å². The molecule has 2 heterocycles. The quantitative estimate of drug-likeness (QED) is 0.749. The van der Waals surface area contributed by atoms with E-state index in [1.807, 2.05) is 6.07 Å². The second kappa shape index (κ2) is 5.04. The first kappa shape index (κ1) is 12.8. The van der Waals surface area contributed by atoms with E-state index in [1.165, 1.54) is 6.07 Å². The molecule has 0 bridgehead atoms. The van der Waals surface area contributed by atoms with Gasteiger partial charge in [0.25, 0.3) is 5.91 Å². The van der Waals surface area contributed by atoms with E-state index in [9.17, 15) is 9.59 Å². The van der Waals surface area contributed by atoms with Crippen LogP contribution >= 0.6 is 0 Å². The summed E-state index contributed by atoms with van der Waals surface area (Å²) in [6, 6.07) is 11.6. The summed E-state index contributed by atoms with van der Waals surface area (Å²) in [5.74, 6) is -0.672. The molecule has 3 rings (SSSR count). The Labute approximate surface area is 119 Å². The van der Waals surface area contributed by atoms with E-state index in [0.29, 0.717) is 17.2 Å². The minimum absolute atomic E-state index is 0.272. The molecule has 0 saturated carbocycles. The molecular weight excluding hydrogens is 270 g/mol. The molecule has 2 aromatic heterocycles. The van der Waals surface area contributed by atoms with Gasteiger partial charge < -0.3 is 5.73 Å². The average Bonchev–Trinajstić information content (AvgIpc) is 2.91. The lowest BCUT2D eigenvalue weighted by Gasteiger charge is -2.04. The van der Waals surface area contributed by atoms with Crippen LogP contribution in [-0.4, -0.2) is 26.4 Å². The van der Waals surface area contributed by atoms with Gasteiger partial charge in [-0.25, -0.2) is 0 Å². The number of aromatic nitrogens is 3. The SMILES string of the molecule is NC(=O)c1cccc(C(=O)Nc2nnc3ccccn23)c1. The van der Waals surface area contributed by atoms with Crippen molar-refractivity contribution in [3.05, 3.63) is 59.8 Å². The van der Waals surface area contributed by atoms with Gasteiger partial charge in [-0.1, -0.05) is 12.1 Å². The maximum absolute atomic E-state index is 12.2. The van der Waals surface area contributed by atoms with Crippen LogP contribution in [0.2, 0.25) is 0 Å². The van der Waals surface area contributed by atoms with E-state index in [2.05, 4.69) is 15.5 Å². The molecule has 0 aliphatic rings. The number of hydrogen-bond donors (Lipinski definition) is 2. The molecule has 1 aromatic carbocycles. The number of primary amides is 1. The normalized spacial score (nSPS) is 10.5. The van der Waals surface area contributed by atoms with Crippen molar-refractivity contribution in [1.82, 2.24) is 14.6 Å². The fraction of sp³-hybridized carbons (Fsp3) is 0. The Hall–Kier alpha value is -3.22. The third-order valence-corrected chi connectivity index (χ3v) is 2.95. The highest BCUT2D eigenvalue weighted by Gasteiger charge is 2.12. The highest BCUT2D eigenvalue weighted by Crippen LogP contribution is 2.10. The van der Waals surface area contributed by atoms with Gasteiger partial charge in [0.15, 0.2) is 5.65 Å². The average molecular weight is 281 g/mol. The number of amides is 2. The first-order valence-electron chi connectivity index (χ1n) is 6.16. The van der Waals surface area contributed by atoms with Crippen molar-refractivity contribution >= 4 is 23.4 Å². The topological polar surface area (TPSA) is 102 Å². The van der Waals surface area contributed by atoms with Crippen molar-refractivity contribution < 1.29 is 9.59 Å². The van der Waals surface area contributed by atoms with Crippen molar-refractivity contribution in [2.75, 3.05) is 5.32 Å². The third-order valence-electron chi connectivity index (χ3n) is 2.95. The predicted molar refractivity (Wildman–Crippen MR) is 75.9 cm³/mol. The number of rotatable bonds is 3. The van der Waals surface area contributed by atoms with E-state index < -0.39 is 11.8 Å². The van der Waals surface area contributed by atoms with Gasteiger partial charge >= 0.3 is 0 Å². The summed E-state index contributed by atoms with van der Waals surface area (Å²) in [5, 5.41) is 10.5. The number of benzene rings is 1. The van der Waals surface area contributed by atoms with Crippen LogP contribution in [0.15, 0.2) is 48.7 Å². The van der Waals surface area contributed by atoms with Crippen LogP contribution in [-0.2, 0) is 0 Å². The maximum Gasteiger partial charge on any atom is 0.258 e. The highest BCUT2D eigenvalue weighted by molar-refractivity contribution is 6.05. The number of fused-ring (bicyclic) bond motifs is 1. The number of hydrogen-bond acceptors (Lipinski definition) is 4. The first-order valence-corrected chi connectivity index (χ1v) is 6.16. The second-order valence-electron chi connectivity index (χ2n) is 4.35. The summed E-state index contributed by atoms with van der Waals surface area (Å²) in [5.41, 5.74) is 6.41. The smallest absolute Gasteiger partial charge is 0.258 e. The first-order chi connectivity index (χ1) is 10.1. The molecule has 3 N–H and O–H groups in total. The van der Waals surface area contributed by atoms with Crippen LogP contribution in [0, 0.1) is 0 Å². The molecule has 2 amide bonds. The number of carbonyl (C=O) groups is 2. The molecule has 3 aromatic rings. The lowest BCUT2D eigenvalue weighted by Crippen LogP contribution is -2.16.